The van der Waals surface area contributed by atoms with Gasteiger partial charge in [-0.05, 0) is 5.56 Å². The predicted molar refractivity (Wildman–Crippen MR) is 82.5 cm³/mol. The number of likely N-dealkylation sites (N-methyl/N-ethyl adjacent to an activating group) is 1. The molecule has 1 N–H and O–H groups in total. The van der Waals surface area contributed by atoms with Crippen molar-refractivity contribution >= 4 is 11.7 Å². The van der Waals surface area contributed by atoms with Gasteiger partial charge in [0, 0.05) is 18.5 Å². The lowest BCUT2D eigenvalue weighted by molar-refractivity contribution is -0.134. The smallest absolute Gasteiger partial charge is 0.252 e. The molecule has 0 radical (unpaired) electrons. The maximum atomic E-state index is 12.8. The topological polar surface area (TPSA) is 57.6 Å². The highest BCUT2D eigenvalue weighted by molar-refractivity contribution is 6.05. The molecule has 4 heteroatoms. The van der Waals surface area contributed by atoms with Crippen LogP contribution in [0.25, 0.3) is 0 Å². The van der Waals surface area contributed by atoms with Gasteiger partial charge in [-0.3, -0.25) is 9.59 Å². The lowest BCUT2D eigenvalue weighted by Crippen LogP contribution is -2.38. The molecule has 0 saturated carbocycles. The van der Waals surface area contributed by atoms with E-state index in [1.807, 2.05) is 36.4 Å². The Morgan fingerprint density at radius 2 is 1.55 bits per heavy atom. The largest absolute Gasteiger partial charge is 0.383 e. The third-order valence-electron chi connectivity index (χ3n) is 4.21. The van der Waals surface area contributed by atoms with Crippen LogP contribution in [0.4, 0.5) is 0 Å². The standard InChI is InChI=1S/C18H17NO3/c1-19-15(16(20)13-10-6-3-7-11-13)14(17(21)18(19)22)12-8-4-2-5-9-12/h2-11,14-15,17,21H,1H3/t14-,15-,17+/m1/s1. The molecule has 112 valence electrons. The molecule has 2 aromatic carbocycles. The minimum Gasteiger partial charge on any atom is -0.383 e. The van der Waals surface area contributed by atoms with E-state index in [0.717, 1.165) is 5.56 Å². The number of rotatable bonds is 3. The van der Waals surface area contributed by atoms with Crippen molar-refractivity contribution in [2.24, 2.45) is 0 Å². The number of ketones is 1. The number of carbonyl (C=O) groups excluding carboxylic acids is 2. The summed E-state index contributed by atoms with van der Waals surface area (Å²) >= 11 is 0. The summed E-state index contributed by atoms with van der Waals surface area (Å²) in [5.74, 6) is -1.11. The van der Waals surface area contributed by atoms with Gasteiger partial charge in [0.1, 0.15) is 12.1 Å². The van der Waals surface area contributed by atoms with E-state index < -0.39 is 24.0 Å². The number of carbonyl (C=O) groups is 2. The number of hydrogen-bond acceptors (Lipinski definition) is 3. The summed E-state index contributed by atoms with van der Waals surface area (Å²) in [7, 11) is 1.57. The van der Waals surface area contributed by atoms with Crippen LogP contribution in [0, 0.1) is 0 Å². The quantitative estimate of drug-likeness (QED) is 0.879. The Kier molecular flexibility index (Phi) is 3.77. The van der Waals surface area contributed by atoms with Crippen molar-refractivity contribution in [3.05, 3.63) is 71.8 Å². The summed E-state index contributed by atoms with van der Waals surface area (Å²) in [6, 6.07) is 17.4. The van der Waals surface area contributed by atoms with Gasteiger partial charge in [0.2, 0.25) is 0 Å². The van der Waals surface area contributed by atoms with Crippen LogP contribution < -0.4 is 0 Å². The minimum absolute atomic E-state index is 0.151. The van der Waals surface area contributed by atoms with Crippen LogP contribution in [0.1, 0.15) is 21.8 Å². The Hall–Kier alpha value is -2.46. The fraction of sp³-hybridized carbons (Fsp3) is 0.222. The molecular weight excluding hydrogens is 278 g/mol. The molecule has 22 heavy (non-hydrogen) atoms. The van der Waals surface area contributed by atoms with Gasteiger partial charge in [0.15, 0.2) is 5.78 Å². The lowest BCUT2D eigenvalue weighted by Gasteiger charge is -2.24. The lowest BCUT2D eigenvalue weighted by atomic mass is 9.86. The van der Waals surface area contributed by atoms with Crippen molar-refractivity contribution in [1.82, 2.24) is 4.90 Å². The van der Waals surface area contributed by atoms with Gasteiger partial charge in [-0.1, -0.05) is 60.7 Å². The molecule has 1 saturated heterocycles. The molecule has 0 bridgehead atoms. The van der Waals surface area contributed by atoms with E-state index in [1.165, 1.54) is 4.90 Å². The van der Waals surface area contributed by atoms with Crippen molar-refractivity contribution in [1.29, 1.82) is 0 Å². The van der Waals surface area contributed by atoms with Gasteiger partial charge in [-0.2, -0.15) is 0 Å². The Morgan fingerprint density at radius 3 is 2.14 bits per heavy atom. The van der Waals surface area contributed by atoms with Crippen molar-refractivity contribution in [3.8, 4) is 0 Å². The molecular formula is C18H17NO3. The molecule has 1 amide bonds. The molecule has 2 aromatic rings. The molecule has 4 nitrogen and oxygen atoms in total. The maximum absolute atomic E-state index is 12.8. The number of benzene rings is 2. The second kappa shape index (κ2) is 5.73. The number of likely N-dealkylation sites (tertiary alicyclic amines) is 1. The molecule has 0 spiro atoms. The van der Waals surface area contributed by atoms with Gasteiger partial charge < -0.3 is 10.0 Å². The van der Waals surface area contributed by atoms with Crippen LogP contribution in [0.5, 0.6) is 0 Å². The maximum Gasteiger partial charge on any atom is 0.252 e. The van der Waals surface area contributed by atoms with Crippen molar-refractivity contribution in [2.75, 3.05) is 7.05 Å². The zero-order valence-electron chi connectivity index (χ0n) is 12.2. The normalized spacial score (nSPS) is 24.5. The van der Waals surface area contributed by atoms with Crippen LogP contribution in [-0.2, 0) is 4.79 Å². The summed E-state index contributed by atoms with van der Waals surface area (Å²) in [6.45, 7) is 0. The van der Waals surface area contributed by atoms with Crippen molar-refractivity contribution in [2.45, 2.75) is 18.1 Å². The summed E-state index contributed by atoms with van der Waals surface area (Å²) in [6.07, 6.45) is -1.19. The van der Waals surface area contributed by atoms with Gasteiger partial charge in [0.05, 0.1) is 0 Å². The predicted octanol–water partition coefficient (Wildman–Crippen LogP) is 1.85. The summed E-state index contributed by atoms with van der Waals surface area (Å²) in [5, 5.41) is 10.3. The van der Waals surface area contributed by atoms with E-state index >= 15 is 0 Å². The first-order valence-corrected chi connectivity index (χ1v) is 7.20. The second-order valence-corrected chi connectivity index (χ2v) is 5.51. The monoisotopic (exact) mass is 295 g/mol. The van der Waals surface area contributed by atoms with Crippen molar-refractivity contribution in [3.63, 3.8) is 0 Å². The van der Waals surface area contributed by atoms with Crippen molar-refractivity contribution < 1.29 is 14.7 Å². The Balaban J connectivity index is 2.03. The molecule has 1 aliphatic rings. The zero-order chi connectivity index (χ0) is 15.7. The van der Waals surface area contributed by atoms with E-state index in [1.54, 1.807) is 31.3 Å². The van der Waals surface area contributed by atoms with E-state index in [2.05, 4.69) is 0 Å². The van der Waals surface area contributed by atoms with Crippen LogP contribution >= 0.6 is 0 Å². The SMILES string of the molecule is CN1C(=O)[C@@H](O)[C@H](c2ccccc2)[C@@H]1C(=O)c1ccccc1. The molecule has 0 unspecified atom stereocenters. The van der Waals surface area contributed by atoms with Crippen LogP contribution in [0.15, 0.2) is 60.7 Å². The van der Waals surface area contributed by atoms with E-state index in [0.29, 0.717) is 5.56 Å². The summed E-state index contributed by atoms with van der Waals surface area (Å²) in [5.41, 5.74) is 1.34. The van der Waals surface area contributed by atoms with E-state index in [4.69, 9.17) is 0 Å². The molecule has 0 aliphatic carbocycles. The van der Waals surface area contributed by atoms with Gasteiger partial charge >= 0.3 is 0 Å². The Labute approximate surface area is 129 Å². The molecule has 0 aromatic heterocycles. The average molecular weight is 295 g/mol. The number of aliphatic hydroxyl groups excluding tert-OH is 1. The molecule has 3 rings (SSSR count). The molecule has 3 atom stereocenters. The Morgan fingerprint density at radius 1 is 1.00 bits per heavy atom. The number of aliphatic hydroxyl groups is 1. The first kappa shape index (κ1) is 14.5. The highest BCUT2D eigenvalue weighted by Crippen LogP contribution is 2.35. The fourth-order valence-electron chi connectivity index (χ4n) is 3.06. The van der Waals surface area contributed by atoms with Crippen LogP contribution in [0.2, 0.25) is 0 Å². The van der Waals surface area contributed by atoms with Gasteiger partial charge in [-0.25, -0.2) is 0 Å². The first-order valence-electron chi connectivity index (χ1n) is 7.20. The highest BCUT2D eigenvalue weighted by Gasteiger charge is 2.49. The second-order valence-electron chi connectivity index (χ2n) is 5.51. The molecule has 1 aliphatic heterocycles. The summed E-state index contributed by atoms with van der Waals surface area (Å²) < 4.78 is 0. The average Bonchev–Trinajstić information content (AvgIpc) is 2.80. The van der Waals surface area contributed by atoms with Crippen LogP contribution in [-0.4, -0.2) is 40.9 Å². The number of nitrogens with zero attached hydrogens (tertiary/aromatic N) is 1. The first-order chi connectivity index (χ1) is 10.6. The van der Waals surface area contributed by atoms with Gasteiger partial charge in [-0.15, -0.1) is 0 Å². The number of amides is 1. The minimum atomic E-state index is -1.19. The zero-order valence-corrected chi connectivity index (χ0v) is 12.2. The highest BCUT2D eigenvalue weighted by atomic mass is 16.3. The Bertz CT molecular complexity index is 684. The fourth-order valence-corrected chi connectivity index (χ4v) is 3.06. The van der Waals surface area contributed by atoms with E-state index in [-0.39, 0.29) is 5.78 Å². The molecule has 1 heterocycles. The van der Waals surface area contributed by atoms with Crippen LogP contribution in [0.3, 0.4) is 0 Å². The van der Waals surface area contributed by atoms with Gasteiger partial charge in [0.25, 0.3) is 5.91 Å². The van der Waals surface area contributed by atoms with E-state index in [9.17, 15) is 14.7 Å². The molecule has 1 fully saturated rings. The number of Topliss-reactive ketones (excluding diaryl/α,β-unsaturated/α-hetero) is 1. The third-order valence-corrected chi connectivity index (χ3v) is 4.21. The third kappa shape index (κ3) is 2.31. The number of hydrogen-bond donors (Lipinski definition) is 1. The summed E-state index contributed by atoms with van der Waals surface area (Å²) in [4.78, 5) is 26.3.